The summed E-state index contributed by atoms with van der Waals surface area (Å²) in [5, 5.41) is 19.7. The molecule has 0 spiro atoms. The maximum absolute atomic E-state index is 11.6. The van der Waals surface area contributed by atoms with Gasteiger partial charge in [0.05, 0.1) is 24.2 Å². The number of methoxy groups -OCH3 is 1. The first kappa shape index (κ1) is 29.0. The fraction of sp³-hybridized carbons (Fsp3) is 0.846. The van der Waals surface area contributed by atoms with Crippen molar-refractivity contribution in [2.75, 3.05) is 12.9 Å². The van der Waals surface area contributed by atoms with Gasteiger partial charge >= 0.3 is 11.9 Å². The second-order valence-electron chi connectivity index (χ2n) is 9.13. The summed E-state index contributed by atoms with van der Waals surface area (Å²) >= 11 is 1.43. The van der Waals surface area contributed by atoms with E-state index in [1.165, 1.54) is 88.7 Å². The Labute approximate surface area is 199 Å². The molecule has 0 bridgehead atoms. The Morgan fingerprint density at radius 2 is 1.62 bits per heavy atom. The van der Waals surface area contributed by atoms with Crippen molar-refractivity contribution in [3.05, 3.63) is 11.6 Å². The largest absolute Gasteiger partial charge is 0.481 e. The Bertz CT molecular complexity index is 548. The van der Waals surface area contributed by atoms with Gasteiger partial charge in [0.2, 0.25) is 0 Å². The van der Waals surface area contributed by atoms with Crippen molar-refractivity contribution in [2.45, 2.75) is 121 Å². The first-order valence-corrected chi connectivity index (χ1v) is 13.8. The molecule has 0 heterocycles. The summed E-state index contributed by atoms with van der Waals surface area (Å²) in [6.07, 6.45) is 19.5. The molecule has 186 valence electrons. The predicted octanol–water partition coefficient (Wildman–Crippen LogP) is 6.52. The van der Waals surface area contributed by atoms with Gasteiger partial charge in [0.15, 0.2) is 0 Å². The van der Waals surface area contributed by atoms with Gasteiger partial charge in [-0.25, -0.2) is 0 Å². The lowest BCUT2D eigenvalue weighted by Crippen LogP contribution is -2.38. The maximum atomic E-state index is 11.6. The van der Waals surface area contributed by atoms with Gasteiger partial charge in [0, 0.05) is 6.42 Å². The van der Waals surface area contributed by atoms with E-state index in [9.17, 15) is 14.7 Å². The fourth-order valence-electron chi connectivity index (χ4n) is 4.49. The highest BCUT2D eigenvalue weighted by Crippen LogP contribution is 2.39. The second-order valence-corrected chi connectivity index (χ2v) is 10.3. The van der Waals surface area contributed by atoms with Crippen molar-refractivity contribution in [1.29, 1.82) is 0 Å². The normalized spacial score (nSPS) is 22.2. The third kappa shape index (κ3) is 12.9. The number of carbonyl (C=O) groups is 2. The van der Waals surface area contributed by atoms with Crippen LogP contribution in [0.3, 0.4) is 0 Å². The van der Waals surface area contributed by atoms with E-state index in [-0.39, 0.29) is 29.3 Å². The Balaban J connectivity index is 2.36. The van der Waals surface area contributed by atoms with E-state index < -0.39 is 12.1 Å². The van der Waals surface area contributed by atoms with Gasteiger partial charge in [0.25, 0.3) is 0 Å². The summed E-state index contributed by atoms with van der Waals surface area (Å²) in [4.78, 5) is 22.5. The Hall–Kier alpha value is -1.01. The molecule has 1 saturated carbocycles. The molecule has 0 aromatic heterocycles. The number of aliphatic hydroxyl groups is 1. The molecule has 0 amide bonds. The Morgan fingerprint density at radius 1 is 1.03 bits per heavy atom. The van der Waals surface area contributed by atoms with Gasteiger partial charge in [-0.2, -0.15) is 0 Å². The number of aliphatic hydroxyl groups excluding tert-OH is 1. The Kier molecular flexibility index (Phi) is 16.7. The van der Waals surface area contributed by atoms with Crippen LogP contribution in [0, 0.1) is 5.92 Å². The monoisotopic (exact) mass is 470 g/mol. The van der Waals surface area contributed by atoms with Crippen LogP contribution in [0.5, 0.6) is 0 Å². The summed E-state index contributed by atoms with van der Waals surface area (Å²) in [6, 6.07) is 0. The molecule has 1 rings (SSSR count). The average molecular weight is 471 g/mol. The number of hydrogen-bond acceptors (Lipinski definition) is 5. The number of unbranched alkanes of at least 4 members (excludes halogenated alkanes) is 11. The van der Waals surface area contributed by atoms with E-state index >= 15 is 0 Å². The minimum absolute atomic E-state index is 0.0274. The molecule has 0 aromatic carbocycles. The third-order valence-electron chi connectivity index (χ3n) is 6.51. The molecule has 0 saturated heterocycles. The second kappa shape index (κ2) is 18.4. The van der Waals surface area contributed by atoms with Crippen molar-refractivity contribution in [2.24, 2.45) is 5.92 Å². The standard InChI is InChI=1S/C26H46O5S/c1-3-4-5-6-7-8-9-10-11-12-13-14-15-22-17-16-21(18-19-23(27)28)25(30)26(22)32-20-24(29)31-2/h15,21,25-26,30H,3-14,16-20H2,1-2H3,(H,27,28)/b22-15+/t21-,25-,26-/m1/s1. The number of ether oxygens (including phenoxy) is 1. The van der Waals surface area contributed by atoms with Crippen LogP contribution in [0.15, 0.2) is 11.6 Å². The van der Waals surface area contributed by atoms with Crippen LogP contribution in [0.25, 0.3) is 0 Å². The molecule has 3 atom stereocenters. The molecule has 5 nitrogen and oxygen atoms in total. The zero-order chi connectivity index (χ0) is 23.6. The van der Waals surface area contributed by atoms with Crippen LogP contribution < -0.4 is 0 Å². The van der Waals surface area contributed by atoms with Gasteiger partial charge < -0.3 is 14.9 Å². The molecule has 1 aliphatic carbocycles. The van der Waals surface area contributed by atoms with Crippen molar-refractivity contribution in [3.63, 3.8) is 0 Å². The number of rotatable bonds is 18. The predicted molar refractivity (Wildman–Crippen MR) is 133 cm³/mol. The van der Waals surface area contributed by atoms with Gasteiger partial charge in [-0.15, -0.1) is 11.8 Å². The zero-order valence-corrected chi connectivity index (χ0v) is 21.2. The van der Waals surface area contributed by atoms with Crippen molar-refractivity contribution in [3.8, 4) is 0 Å². The highest BCUT2D eigenvalue weighted by atomic mass is 32.2. The first-order chi connectivity index (χ1) is 15.5. The van der Waals surface area contributed by atoms with Gasteiger partial charge in [-0.1, -0.05) is 82.8 Å². The fourth-order valence-corrected chi connectivity index (χ4v) is 5.77. The molecule has 2 N–H and O–H groups in total. The number of thioether (sulfide) groups is 1. The highest BCUT2D eigenvalue weighted by Gasteiger charge is 2.35. The van der Waals surface area contributed by atoms with E-state index in [0.29, 0.717) is 6.42 Å². The molecular weight excluding hydrogens is 424 g/mol. The molecular formula is C26H46O5S. The van der Waals surface area contributed by atoms with E-state index in [1.54, 1.807) is 0 Å². The number of hydrogen-bond donors (Lipinski definition) is 2. The summed E-state index contributed by atoms with van der Waals surface area (Å²) in [6.45, 7) is 2.26. The van der Waals surface area contributed by atoms with Crippen LogP contribution in [0.2, 0.25) is 0 Å². The molecule has 1 aliphatic rings. The van der Waals surface area contributed by atoms with Crippen LogP contribution in [-0.2, 0) is 14.3 Å². The molecule has 1 fully saturated rings. The van der Waals surface area contributed by atoms with Crippen molar-refractivity contribution in [1.82, 2.24) is 0 Å². The van der Waals surface area contributed by atoms with Crippen molar-refractivity contribution >= 4 is 23.7 Å². The average Bonchev–Trinajstić information content (AvgIpc) is 2.78. The van der Waals surface area contributed by atoms with E-state index in [2.05, 4.69) is 13.0 Å². The summed E-state index contributed by atoms with van der Waals surface area (Å²) in [7, 11) is 1.37. The number of carbonyl (C=O) groups excluding carboxylic acids is 1. The minimum Gasteiger partial charge on any atom is -0.481 e. The summed E-state index contributed by atoms with van der Waals surface area (Å²) in [5.74, 6) is -0.937. The number of carboxylic acid groups (broad SMARTS) is 1. The lowest BCUT2D eigenvalue weighted by molar-refractivity contribution is -0.138. The molecule has 0 aromatic rings. The highest BCUT2D eigenvalue weighted by molar-refractivity contribution is 8.00. The van der Waals surface area contributed by atoms with Gasteiger partial charge in [-0.3, -0.25) is 9.59 Å². The maximum Gasteiger partial charge on any atom is 0.315 e. The molecule has 6 heteroatoms. The smallest absolute Gasteiger partial charge is 0.315 e. The van der Waals surface area contributed by atoms with Crippen LogP contribution in [0.4, 0.5) is 0 Å². The molecule has 0 radical (unpaired) electrons. The summed E-state index contributed by atoms with van der Waals surface area (Å²) in [5.41, 5.74) is 1.21. The third-order valence-corrected chi connectivity index (χ3v) is 7.86. The Morgan fingerprint density at radius 3 is 2.19 bits per heavy atom. The number of allylic oxidation sites excluding steroid dienone is 1. The van der Waals surface area contributed by atoms with Gasteiger partial charge in [0.1, 0.15) is 0 Å². The summed E-state index contributed by atoms with van der Waals surface area (Å²) < 4.78 is 4.76. The van der Waals surface area contributed by atoms with E-state index in [1.807, 2.05) is 0 Å². The molecule has 0 unspecified atom stereocenters. The SMILES string of the molecule is CCCCCCCCCCCCC/C=C1\CC[C@H](CCC(=O)O)[C@@H](O)[C@@H]1SCC(=O)OC. The molecule has 0 aliphatic heterocycles. The van der Waals surface area contributed by atoms with Crippen LogP contribution in [-0.4, -0.2) is 46.4 Å². The zero-order valence-electron chi connectivity index (χ0n) is 20.4. The van der Waals surface area contributed by atoms with E-state index in [0.717, 1.165) is 25.7 Å². The topological polar surface area (TPSA) is 83.8 Å². The number of aliphatic carboxylic acids is 1. The van der Waals surface area contributed by atoms with Gasteiger partial charge in [-0.05, 0) is 38.0 Å². The van der Waals surface area contributed by atoms with Crippen LogP contribution in [0.1, 0.15) is 110 Å². The quantitative estimate of drug-likeness (QED) is 0.135. The van der Waals surface area contributed by atoms with E-state index in [4.69, 9.17) is 9.84 Å². The number of carboxylic acids is 1. The molecule has 32 heavy (non-hydrogen) atoms. The number of esters is 1. The lowest BCUT2D eigenvalue weighted by atomic mass is 9.80. The van der Waals surface area contributed by atoms with Crippen molar-refractivity contribution < 1.29 is 24.5 Å². The first-order valence-electron chi connectivity index (χ1n) is 12.8. The van der Waals surface area contributed by atoms with Crippen LogP contribution >= 0.6 is 11.8 Å². The minimum atomic E-state index is -0.825. The lowest BCUT2D eigenvalue weighted by Gasteiger charge is -2.36.